The molecule has 1 aromatic heterocycles. The zero-order valence-electron chi connectivity index (χ0n) is 19.8. The van der Waals surface area contributed by atoms with Gasteiger partial charge in [0.2, 0.25) is 0 Å². The predicted octanol–water partition coefficient (Wildman–Crippen LogP) is 5.28. The van der Waals surface area contributed by atoms with E-state index >= 15 is 0 Å². The molecule has 2 amide bonds. The van der Waals surface area contributed by atoms with Gasteiger partial charge in [-0.3, -0.25) is 4.90 Å². The van der Waals surface area contributed by atoms with Crippen LogP contribution in [-0.4, -0.2) is 48.1 Å². The maximum atomic E-state index is 14.3. The summed E-state index contributed by atoms with van der Waals surface area (Å²) in [5, 5.41) is 5.73. The molecule has 5 rings (SSSR count). The van der Waals surface area contributed by atoms with Crippen molar-refractivity contribution in [2.24, 2.45) is 0 Å². The fourth-order valence-corrected chi connectivity index (χ4v) is 5.67. The Hall–Kier alpha value is -2.92. The van der Waals surface area contributed by atoms with E-state index in [-0.39, 0.29) is 17.5 Å². The third-order valence-corrected chi connectivity index (χ3v) is 7.49. The molecule has 2 atom stereocenters. The summed E-state index contributed by atoms with van der Waals surface area (Å²) in [6.07, 6.45) is 6.01. The van der Waals surface area contributed by atoms with Crippen LogP contribution in [-0.2, 0) is 5.41 Å². The van der Waals surface area contributed by atoms with Crippen molar-refractivity contribution in [1.82, 2.24) is 15.2 Å². The van der Waals surface area contributed by atoms with Gasteiger partial charge in [-0.2, -0.15) is 0 Å². The number of hydrogen-bond donors (Lipinski definition) is 1. The Morgan fingerprint density at radius 1 is 1.12 bits per heavy atom. The average Bonchev–Trinajstić information content (AvgIpc) is 2.86. The van der Waals surface area contributed by atoms with E-state index in [1.807, 2.05) is 17.2 Å². The summed E-state index contributed by atoms with van der Waals surface area (Å²) in [6.45, 7) is 7.75. The number of rotatable bonds is 3. The minimum absolute atomic E-state index is 0.0340. The predicted molar refractivity (Wildman–Crippen MR) is 135 cm³/mol. The number of nitrogens with zero attached hydrogens (tertiary/aromatic N) is 3. The fraction of sp³-hybridized carbons (Fsp3) is 0.429. The Bertz CT molecular complexity index is 1120. The Labute approximate surface area is 196 Å². The van der Waals surface area contributed by atoms with Gasteiger partial charge in [0, 0.05) is 36.6 Å². The first kappa shape index (κ1) is 21.9. The van der Waals surface area contributed by atoms with Gasteiger partial charge in [0.15, 0.2) is 0 Å². The topological polar surface area (TPSA) is 48.5 Å². The number of carbonyl (C=O) groups excluding carboxylic acids is 1. The Morgan fingerprint density at radius 3 is 2.76 bits per heavy atom. The number of anilines is 1. The molecule has 1 N–H and O–H groups in total. The molecule has 3 aromatic rings. The number of piperidine rings is 2. The molecule has 172 valence electrons. The lowest BCUT2D eigenvalue weighted by Gasteiger charge is -2.44. The van der Waals surface area contributed by atoms with Crippen LogP contribution < -0.4 is 10.2 Å². The zero-order valence-corrected chi connectivity index (χ0v) is 19.8. The molecule has 2 fully saturated rings. The number of nitrogens with one attached hydrogen (secondary N) is 1. The largest absolute Gasteiger partial charge is 0.326 e. The van der Waals surface area contributed by atoms with E-state index in [2.05, 4.69) is 72.6 Å². The van der Waals surface area contributed by atoms with Gasteiger partial charge >= 0.3 is 6.03 Å². The molecule has 2 aromatic carbocycles. The molecule has 0 spiro atoms. The van der Waals surface area contributed by atoms with Crippen LogP contribution in [0.5, 0.6) is 0 Å². The highest BCUT2D eigenvalue weighted by molar-refractivity contribution is 6.03. The molecule has 33 heavy (non-hydrogen) atoms. The summed E-state index contributed by atoms with van der Waals surface area (Å²) in [5.74, 6) is 0.802. The second-order valence-corrected chi connectivity index (χ2v) is 9.91. The first-order valence-electron chi connectivity index (χ1n) is 12.3. The molecule has 5 nitrogen and oxygen atoms in total. The lowest BCUT2D eigenvalue weighted by Crippen LogP contribution is -2.57. The minimum Gasteiger partial charge on any atom is -0.323 e. The molecule has 5 heteroatoms. The Balaban J connectivity index is 1.53. The van der Waals surface area contributed by atoms with Crippen molar-refractivity contribution in [1.29, 1.82) is 0 Å². The van der Waals surface area contributed by atoms with Crippen molar-refractivity contribution in [2.45, 2.75) is 51.0 Å². The first-order chi connectivity index (χ1) is 16.1. The van der Waals surface area contributed by atoms with Crippen molar-refractivity contribution in [2.75, 3.05) is 31.1 Å². The maximum absolute atomic E-state index is 14.3. The van der Waals surface area contributed by atoms with Gasteiger partial charge in [-0.25, -0.2) is 9.78 Å². The number of hydrogen-bond acceptors (Lipinski definition) is 3. The van der Waals surface area contributed by atoms with E-state index in [1.165, 1.54) is 5.56 Å². The highest BCUT2D eigenvalue weighted by Gasteiger charge is 2.39. The number of carbonyl (C=O) groups is 1. The van der Waals surface area contributed by atoms with Crippen LogP contribution in [0.25, 0.3) is 10.8 Å². The number of pyridine rings is 1. The smallest absolute Gasteiger partial charge is 0.323 e. The lowest BCUT2D eigenvalue weighted by atomic mass is 9.76. The van der Waals surface area contributed by atoms with Crippen molar-refractivity contribution in [3.63, 3.8) is 0 Å². The molecule has 2 aliphatic rings. The van der Waals surface area contributed by atoms with E-state index in [4.69, 9.17) is 4.98 Å². The van der Waals surface area contributed by atoms with Crippen molar-refractivity contribution < 1.29 is 4.79 Å². The third-order valence-electron chi connectivity index (χ3n) is 7.49. The highest BCUT2D eigenvalue weighted by Crippen LogP contribution is 2.36. The third kappa shape index (κ3) is 4.22. The molecule has 3 heterocycles. The molecule has 2 saturated heterocycles. The second kappa shape index (κ2) is 9.14. The van der Waals surface area contributed by atoms with Crippen molar-refractivity contribution in [3.05, 3.63) is 71.9 Å². The summed E-state index contributed by atoms with van der Waals surface area (Å²) in [7, 11) is 0. The van der Waals surface area contributed by atoms with Gasteiger partial charge in [-0.05, 0) is 61.7 Å². The van der Waals surface area contributed by atoms with Crippen LogP contribution in [0.2, 0.25) is 0 Å². The standard InChI is InChI=1S/C28H34N4O/c1-21-9-6-10-22-14-17-30-26(25(21)22)32(24-13-7-16-29-19-24)27(33)31-18-8-15-28(2,20-31)23-11-4-3-5-12-23/h3-6,9-12,14,17,24,29H,7-8,13,15-16,18-20H2,1-2H3/t24-,28?/m1/s1. The molecule has 0 aliphatic carbocycles. The van der Waals surface area contributed by atoms with E-state index < -0.39 is 0 Å². The summed E-state index contributed by atoms with van der Waals surface area (Å²) in [6, 6.07) is 19.2. The summed E-state index contributed by atoms with van der Waals surface area (Å²) < 4.78 is 0. The first-order valence-corrected chi connectivity index (χ1v) is 12.3. The van der Waals surface area contributed by atoms with Crippen molar-refractivity contribution in [3.8, 4) is 0 Å². The van der Waals surface area contributed by atoms with Gasteiger partial charge in [0.1, 0.15) is 5.82 Å². The normalized spacial score (nSPS) is 23.5. The SMILES string of the molecule is Cc1cccc2ccnc(N(C(=O)N3CCCC(C)(c4ccccc4)C3)[C@@H]3CCCNC3)c12. The number of likely N-dealkylation sites (tertiary alicyclic amines) is 1. The number of amides is 2. The molecular weight excluding hydrogens is 408 g/mol. The summed E-state index contributed by atoms with van der Waals surface area (Å²) in [4.78, 5) is 23.1. The molecule has 1 unspecified atom stereocenters. The molecular formula is C28H34N4O. The monoisotopic (exact) mass is 442 g/mol. The Kier molecular flexibility index (Phi) is 6.07. The number of aromatic nitrogens is 1. The minimum atomic E-state index is -0.0340. The van der Waals surface area contributed by atoms with Gasteiger partial charge in [0.05, 0.1) is 6.04 Å². The average molecular weight is 443 g/mol. The molecule has 0 bridgehead atoms. The number of urea groups is 1. The van der Waals surface area contributed by atoms with Gasteiger partial charge < -0.3 is 10.2 Å². The van der Waals surface area contributed by atoms with Gasteiger partial charge in [-0.1, -0.05) is 55.5 Å². The van der Waals surface area contributed by atoms with Crippen LogP contribution in [0.1, 0.15) is 43.7 Å². The zero-order chi connectivity index (χ0) is 22.8. The van der Waals surface area contributed by atoms with Crippen LogP contribution >= 0.6 is 0 Å². The number of aryl methyl sites for hydroxylation is 1. The van der Waals surface area contributed by atoms with Crippen molar-refractivity contribution >= 4 is 22.6 Å². The van der Waals surface area contributed by atoms with Gasteiger partial charge in [-0.15, -0.1) is 0 Å². The summed E-state index contributed by atoms with van der Waals surface area (Å²) >= 11 is 0. The fourth-order valence-electron chi connectivity index (χ4n) is 5.67. The quantitative estimate of drug-likeness (QED) is 0.601. The Morgan fingerprint density at radius 2 is 1.97 bits per heavy atom. The molecule has 0 saturated carbocycles. The highest BCUT2D eigenvalue weighted by atomic mass is 16.2. The van der Waals surface area contributed by atoms with E-state index in [1.54, 1.807) is 0 Å². The van der Waals surface area contributed by atoms with E-state index in [9.17, 15) is 4.79 Å². The maximum Gasteiger partial charge on any atom is 0.326 e. The number of benzene rings is 2. The van der Waals surface area contributed by atoms with Crippen LogP contribution in [0.15, 0.2) is 60.8 Å². The lowest BCUT2D eigenvalue weighted by molar-refractivity contribution is 0.158. The summed E-state index contributed by atoms with van der Waals surface area (Å²) in [5.41, 5.74) is 2.44. The van der Waals surface area contributed by atoms with Crippen LogP contribution in [0, 0.1) is 6.92 Å². The van der Waals surface area contributed by atoms with Crippen LogP contribution in [0.4, 0.5) is 10.6 Å². The number of fused-ring (bicyclic) bond motifs is 1. The molecule has 2 aliphatic heterocycles. The van der Waals surface area contributed by atoms with E-state index in [0.717, 1.165) is 74.0 Å². The molecule has 0 radical (unpaired) electrons. The van der Waals surface area contributed by atoms with Crippen LogP contribution in [0.3, 0.4) is 0 Å². The van der Waals surface area contributed by atoms with Gasteiger partial charge in [0.25, 0.3) is 0 Å². The second-order valence-electron chi connectivity index (χ2n) is 9.91. The van der Waals surface area contributed by atoms with E-state index in [0.29, 0.717) is 0 Å².